The molecular weight excluding hydrogens is 344 g/mol. The molecule has 2 aliphatic heterocycles. The molecule has 2 saturated heterocycles. The second-order valence-corrected chi connectivity index (χ2v) is 10.0. The van der Waals surface area contributed by atoms with Crippen molar-refractivity contribution < 1.29 is 13.2 Å². The Morgan fingerprint density at radius 1 is 1.17 bits per heavy atom. The minimum absolute atomic E-state index is 0.167. The summed E-state index contributed by atoms with van der Waals surface area (Å²) in [6, 6.07) is 9.60. The van der Waals surface area contributed by atoms with Gasteiger partial charge >= 0.3 is 0 Å². The molecule has 0 atom stereocenters. The minimum atomic E-state index is -3.41. The molecule has 2 aromatic rings. The highest BCUT2D eigenvalue weighted by Crippen LogP contribution is 2.35. The quantitative estimate of drug-likeness (QED) is 0.819. The topological polar surface area (TPSA) is 49.9 Å². The van der Waals surface area contributed by atoms with Gasteiger partial charge in [-0.25, -0.2) is 8.42 Å². The fraction of sp³-hybridized carbons (Fsp3) is 0.529. The van der Waals surface area contributed by atoms with E-state index in [0.717, 1.165) is 42.6 Å². The van der Waals surface area contributed by atoms with Crippen LogP contribution in [0, 0.1) is 0 Å². The Hall–Kier alpha value is -0.990. The summed E-state index contributed by atoms with van der Waals surface area (Å²) in [7, 11) is -1.31. The van der Waals surface area contributed by atoms with Gasteiger partial charge in [0.15, 0.2) is 0 Å². The van der Waals surface area contributed by atoms with Crippen LogP contribution in [0.2, 0.25) is 0 Å². The fourth-order valence-corrected chi connectivity index (χ4v) is 6.68. The van der Waals surface area contributed by atoms with Gasteiger partial charge in [0.2, 0.25) is 0 Å². The van der Waals surface area contributed by atoms with Gasteiger partial charge in [-0.2, -0.15) is 4.31 Å². The minimum Gasteiger partial charge on any atom is -0.372 e. The summed E-state index contributed by atoms with van der Waals surface area (Å²) >= 11 is 1.36. The third-order valence-electron chi connectivity index (χ3n) is 5.07. The van der Waals surface area contributed by atoms with E-state index < -0.39 is 10.0 Å². The van der Waals surface area contributed by atoms with Crippen LogP contribution in [0.25, 0.3) is 10.1 Å². The lowest BCUT2D eigenvalue weighted by molar-refractivity contribution is -0.124. The number of ether oxygens (including phenoxy) is 1. The van der Waals surface area contributed by atoms with E-state index in [4.69, 9.17) is 4.74 Å². The average molecular weight is 367 g/mol. The Kier molecular flexibility index (Phi) is 4.17. The maximum absolute atomic E-state index is 13.0. The second kappa shape index (κ2) is 6.07. The molecule has 0 saturated carbocycles. The van der Waals surface area contributed by atoms with Crippen LogP contribution in [0.3, 0.4) is 0 Å². The molecule has 3 heterocycles. The van der Waals surface area contributed by atoms with E-state index in [1.165, 1.54) is 11.3 Å². The van der Waals surface area contributed by atoms with Crippen LogP contribution in [-0.2, 0) is 14.8 Å². The predicted molar refractivity (Wildman–Crippen MR) is 96.0 cm³/mol. The van der Waals surface area contributed by atoms with Gasteiger partial charge in [0.05, 0.1) is 12.2 Å². The summed E-state index contributed by atoms with van der Waals surface area (Å²) in [6.45, 7) is 3.64. The Balaban J connectivity index is 1.53. The Bertz CT molecular complexity index is 805. The third kappa shape index (κ3) is 2.88. The molecule has 0 N–H and O–H groups in total. The first-order valence-electron chi connectivity index (χ1n) is 8.30. The molecule has 1 spiro atoms. The lowest BCUT2D eigenvalue weighted by Gasteiger charge is -2.46. The van der Waals surface area contributed by atoms with Crippen LogP contribution in [0.4, 0.5) is 0 Å². The van der Waals surface area contributed by atoms with Crippen LogP contribution < -0.4 is 0 Å². The van der Waals surface area contributed by atoms with Crippen LogP contribution >= 0.6 is 11.3 Å². The zero-order valence-electron chi connectivity index (χ0n) is 13.8. The van der Waals surface area contributed by atoms with Crippen molar-refractivity contribution in [2.45, 2.75) is 22.7 Å². The van der Waals surface area contributed by atoms with E-state index >= 15 is 0 Å². The number of morpholine rings is 1. The second-order valence-electron chi connectivity index (χ2n) is 6.78. The number of sulfonamides is 1. The number of likely N-dealkylation sites (N-methyl/N-ethyl adjacent to an activating group) is 1. The molecule has 5 nitrogen and oxygen atoms in total. The smallest absolute Gasteiger partial charge is 0.252 e. The summed E-state index contributed by atoms with van der Waals surface area (Å²) < 4.78 is 35.1. The number of fused-ring (bicyclic) bond motifs is 1. The van der Waals surface area contributed by atoms with Gasteiger partial charge in [0.25, 0.3) is 10.0 Å². The molecule has 0 radical (unpaired) electrons. The summed E-state index contributed by atoms with van der Waals surface area (Å²) in [5, 5.41) is 0.992. The van der Waals surface area contributed by atoms with Gasteiger partial charge in [-0.15, -0.1) is 11.3 Å². The zero-order valence-corrected chi connectivity index (χ0v) is 15.4. The molecule has 130 valence electrons. The summed E-state index contributed by atoms with van der Waals surface area (Å²) in [5.74, 6) is 0. The van der Waals surface area contributed by atoms with Crippen molar-refractivity contribution in [2.75, 3.05) is 39.8 Å². The van der Waals surface area contributed by atoms with Crippen molar-refractivity contribution in [1.29, 1.82) is 0 Å². The van der Waals surface area contributed by atoms with Gasteiger partial charge < -0.3 is 9.64 Å². The van der Waals surface area contributed by atoms with Gasteiger partial charge in [-0.3, -0.25) is 0 Å². The van der Waals surface area contributed by atoms with E-state index in [1.807, 2.05) is 24.3 Å². The maximum atomic E-state index is 13.0. The molecule has 4 rings (SSSR count). The lowest BCUT2D eigenvalue weighted by Crippen LogP contribution is -2.56. The van der Waals surface area contributed by atoms with Gasteiger partial charge in [-0.1, -0.05) is 18.2 Å². The molecule has 0 bridgehead atoms. The number of hydrogen-bond donors (Lipinski definition) is 0. The van der Waals surface area contributed by atoms with Crippen molar-refractivity contribution in [3.63, 3.8) is 0 Å². The van der Waals surface area contributed by atoms with Crippen molar-refractivity contribution in [1.82, 2.24) is 9.21 Å². The Labute approximate surface area is 146 Å². The van der Waals surface area contributed by atoms with Crippen LogP contribution in [0.1, 0.15) is 12.8 Å². The highest BCUT2D eigenvalue weighted by molar-refractivity contribution is 7.91. The van der Waals surface area contributed by atoms with Crippen LogP contribution in [-0.4, -0.2) is 63.1 Å². The maximum Gasteiger partial charge on any atom is 0.252 e. The first-order valence-corrected chi connectivity index (χ1v) is 10.6. The first kappa shape index (κ1) is 16.5. The van der Waals surface area contributed by atoms with E-state index in [2.05, 4.69) is 11.9 Å². The monoisotopic (exact) mass is 366 g/mol. The molecule has 0 amide bonds. The predicted octanol–water partition coefficient (Wildman–Crippen LogP) is 2.39. The van der Waals surface area contributed by atoms with Gasteiger partial charge in [0, 0.05) is 30.9 Å². The summed E-state index contributed by atoms with van der Waals surface area (Å²) in [4.78, 5) is 2.28. The molecule has 0 unspecified atom stereocenters. The molecule has 2 aliphatic rings. The molecule has 2 fully saturated rings. The highest BCUT2D eigenvalue weighted by atomic mass is 32.2. The molecule has 1 aromatic carbocycles. The van der Waals surface area contributed by atoms with E-state index in [9.17, 15) is 8.42 Å². The highest BCUT2D eigenvalue weighted by Gasteiger charge is 2.41. The number of benzene rings is 1. The number of nitrogens with zero attached hydrogens (tertiary/aromatic N) is 2. The van der Waals surface area contributed by atoms with Gasteiger partial charge in [-0.05, 0) is 37.4 Å². The fourth-order valence-electron chi connectivity index (χ4n) is 3.68. The van der Waals surface area contributed by atoms with E-state index in [-0.39, 0.29) is 5.60 Å². The van der Waals surface area contributed by atoms with Crippen molar-refractivity contribution in [2.24, 2.45) is 0 Å². The molecule has 24 heavy (non-hydrogen) atoms. The normalized spacial score (nSPS) is 23.0. The summed E-state index contributed by atoms with van der Waals surface area (Å²) in [6.07, 6.45) is 1.53. The van der Waals surface area contributed by atoms with E-state index in [0.29, 0.717) is 17.3 Å². The van der Waals surface area contributed by atoms with E-state index in [1.54, 1.807) is 10.4 Å². The number of thiophene rings is 1. The average Bonchev–Trinajstić information content (AvgIpc) is 3.00. The van der Waals surface area contributed by atoms with Crippen molar-refractivity contribution >= 4 is 31.4 Å². The number of hydrogen-bond acceptors (Lipinski definition) is 5. The lowest BCUT2D eigenvalue weighted by atomic mass is 9.90. The molecular formula is C17H22N2O3S2. The zero-order chi connectivity index (χ0) is 16.8. The standard InChI is InChI=1S/C17H22N2O3S2/c1-18-10-11-22-17(13-18)6-8-19(9-7-17)24(20,21)16-12-14-4-2-3-5-15(14)23-16/h2-5,12H,6-11,13H2,1H3. The van der Waals surface area contributed by atoms with Crippen LogP contribution in [0.5, 0.6) is 0 Å². The molecule has 0 aliphatic carbocycles. The SMILES string of the molecule is CN1CCOC2(CCN(S(=O)(=O)c3cc4ccccc4s3)CC2)C1. The Morgan fingerprint density at radius 3 is 2.62 bits per heavy atom. The molecule has 7 heteroatoms. The summed E-state index contributed by atoms with van der Waals surface area (Å²) in [5.41, 5.74) is -0.167. The number of rotatable bonds is 2. The van der Waals surface area contributed by atoms with Crippen LogP contribution in [0.15, 0.2) is 34.5 Å². The largest absolute Gasteiger partial charge is 0.372 e. The van der Waals surface area contributed by atoms with Crippen molar-refractivity contribution in [3.8, 4) is 0 Å². The van der Waals surface area contributed by atoms with Gasteiger partial charge in [0.1, 0.15) is 4.21 Å². The van der Waals surface area contributed by atoms with Crippen molar-refractivity contribution in [3.05, 3.63) is 30.3 Å². The molecule has 1 aromatic heterocycles. The number of piperidine rings is 1. The first-order chi connectivity index (χ1) is 11.5. The Morgan fingerprint density at radius 2 is 1.92 bits per heavy atom. The third-order valence-corrected chi connectivity index (χ3v) is 8.53.